The van der Waals surface area contributed by atoms with Crippen LogP contribution in [0.15, 0.2) is 65.8 Å². The number of halogens is 2. The number of carbonyl (C=O) groups excluding carboxylic acids is 1. The fourth-order valence-corrected chi connectivity index (χ4v) is 3.98. The van der Waals surface area contributed by atoms with Crippen molar-refractivity contribution < 1.29 is 9.18 Å². The molecule has 154 valence electrons. The van der Waals surface area contributed by atoms with E-state index in [4.69, 9.17) is 0 Å². The third-order valence-corrected chi connectivity index (χ3v) is 5.60. The molecule has 0 aliphatic carbocycles. The van der Waals surface area contributed by atoms with Crippen LogP contribution in [-0.4, -0.2) is 43.4 Å². The van der Waals surface area contributed by atoms with Gasteiger partial charge >= 0.3 is 0 Å². The van der Waals surface area contributed by atoms with Gasteiger partial charge in [0, 0.05) is 41.7 Å². The largest absolute Gasteiger partial charge is 0.351 e. The van der Waals surface area contributed by atoms with Crippen LogP contribution in [-0.2, 0) is 0 Å². The molecule has 5 rings (SSSR count). The zero-order valence-electron chi connectivity index (χ0n) is 16.2. The topological polar surface area (TPSA) is 76.3 Å². The lowest BCUT2D eigenvalue weighted by Gasteiger charge is -2.27. The molecule has 4 aromatic rings. The van der Waals surface area contributed by atoms with Gasteiger partial charge in [-0.1, -0.05) is 6.08 Å². The maximum Gasteiger partial charge on any atom is 0.196 e. The summed E-state index contributed by atoms with van der Waals surface area (Å²) in [6.45, 7) is 1.44. The van der Waals surface area contributed by atoms with Crippen molar-refractivity contribution in [3.05, 3.63) is 88.6 Å². The second-order valence-electron chi connectivity index (χ2n) is 7.13. The summed E-state index contributed by atoms with van der Waals surface area (Å²) in [6.07, 6.45) is 9.32. The van der Waals surface area contributed by atoms with Crippen LogP contribution in [0.1, 0.15) is 28.2 Å². The first-order valence-electron chi connectivity index (χ1n) is 9.64. The van der Waals surface area contributed by atoms with Gasteiger partial charge in [-0.15, -0.1) is 0 Å². The first-order chi connectivity index (χ1) is 15.1. The summed E-state index contributed by atoms with van der Waals surface area (Å²) in [5, 5.41) is 4.24. The Morgan fingerprint density at radius 2 is 1.84 bits per heavy atom. The molecule has 9 heteroatoms. The highest BCUT2D eigenvalue weighted by molar-refractivity contribution is 9.10. The van der Waals surface area contributed by atoms with Crippen molar-refractivity contribution in [3.8, 4) is 0 Å². The first kappa shape index (κ1) is 19.5. The molecule has 0 atom stereocenters. The number of ketones is 1. The number of anilines is 1. The van der Waals surface area contributed by atoms with Gasteiger partial charge in [0.2, 0.25) is 0 Å². The van der Waals surface area contributed by atoms with Crippen LogP contribution in [0.2, 0.25) is 0 Å². The molecular weight excluding hydrogens is 463 g/mol. The lowest BCUT2D eigenvalue weighted by molar-refractivity contribution is 0.103. The van der Waals surface area contributed by atoms with Crippen LogP contribution in [0.4, 0.5) is 10.2 Å². The smallest absolute Gasteiger partial charge is 0.196 e. The number of rotatable bonds is 4. The summed E-state index contributed by atoms with van der Waals surface area (Å²) < 4.78 is 15.8. The maximum atomic E-state index is 13.1. The zero-order chi connectivity index (χ0) is 21.4. The number of hydrogen-bond acceptors (Lipinski definition) is 6. The standard InChI is InChI=1S/C22H16BrFN6O/c23-17-9-19-22(27-13-28-30(19)12-17)29-7-5-15(6-8-29)21-25-10-16(11-26-21)20(31)14-1-3-18(24)4-2-14/h1-5,9-13H,6-8H2. The molecule has 0 amide bonds. The van der Waals surface area contributed by atoms with Crippen molar-refractivity contribution in [2.75, 3.05) is 18.0 Å². The molecule has 0 saturated carbocycles. The second-order valence-corrected chi connectivity index (χ2v) is 8.04. The van der Waals surface area contributed by atoms with E-state index in [9.17, 15) is 9.18 Å². The van der Waals surface area contributed by atoms with Crippen molar-refractivity contribution in [1.29, 1.82) is 0 Å². The Labute approximate surface area is 185 Å². The average Bonchev–Trinajstić information content (AvgIpc) is 3.20. The minimum Gasteiger partial charge on any atom is -0.351 e. The van der Waals surface area contributed by atoms with Crippen LogP contribution in [0, 0.1) is 5.82 Å². The quantitative estimate of drug-likeness (QED) is 0.413. The summed E-state index contributed by atoms with van der Waals surface area (Å²) in [7, 11) is 0. The van der Waals surface area contributed by atoms with Gasteiger partial charge in [-0.2, -0.15) is 5.10 Å². The van der Waals surface area contributed by atoms with E-state index >= 15 is 0 Å². The minimum absolute atomic E-state index is 0.235. The summed E-state index contributed by atoms with van der Waals surface area (Å²) in [4.78, 5) is 27.9. The summed E-state index contributed by atoms with van der Waals surface area (Å²) in [5.41, 5.74) is 2.74. The molecule has 1 aliphatic rings. The Morgan fingerprint density at radius 3 is 2.55 bits per heavy atom. The second kappa shape index (κ2) is 7.99. The molecule has 1 aromatic carbocycles. The maximum absolute atomic E-state index is 13.1. The van der Waals surface area contributed by atoms with E-state index in [1.54, 1.807) is 10.8 Å². The third kappa shape index (κ3) is 3.84. The minimum atomic E-state index is -0.381. The summed E-state index contributed by atoms with van der Waals surface area (Å²) in [6, 6.07) is 7.43. The zero-order valence-corrected chi connectivity index (χ0v) is 17.8. The number of nitrogens with zero attached hydrogens (tertiary/aromatic N) is 6. The molecule has 1 aliphatic heterocycles. The number of aromatic nitrogens is 5. The number of benzene rings is 1. The Bertz CT molecular complexity index is 1300. The van der Waals surface area contributed by atoms with E-state index in [-0.39, 0.29) is 11.6 Å². The van der Waals surface area contributed by atoms with Gasteiger partial charge in [0.05, 0.1) is 5.56 Å². The van der Waals surface area contributed by atoms with Crippen molar-refractivity contribution in [2.45, 2.75) is 6.42 Å². The highest BCUT2D eigenvalue weighted by Gasteiger charge is 2.19. The van der Waals surface area contributed by atoms with Gasteiger partial charge in [0.15, 0.2) is 17.4 Å². The van der Waals surface area contributed by atoms with Crippen molar-refractivity contribution in [3.63, 3.8) is 0 Å². The van der Waals surface area contributed by atoms with E-state index in [0.29, 0.717) is 23.5 Å². The lowest BCUT2D eigenvalue weighted by Crippen LogP contribution is -2.29. The number of hydrogen-bond donors (Lipinski definition) is 0. The molecular formula is C22H16BrFN6O. The van der Waals surface area contributed by atoms with Crippen molar-refractivity contribution in [1.82, 2.24) is 24.6 Å². The van der Waals surface area contributed by atoms with Crippen LogP contribution in [0.3, 0.4) is 0 Å². The van der Waals surface area contributed by atoms with Gasteiger partial charge in [0.1, 0.15) is 17.7 Å². The van der Waals surface area contributed by atoms with Gasteiger partial charge in [-0.25, -0.2) is 23.9 Å². The van der Waals surface area contributed by atoms with Crippen LogP contribution in [0.5, 0.6) is 0 Å². The van der Waals surface area contributed by atoms with Crippen LogP contribution >= 0.6 is 15.9 Å². The van der Waals surface area contributed by atoms with E-state index in [1.165, 1.54) is 36.7 Å². The van der Waals surface area contributed by atoms with Crippen LogP contribution < -0.4 is 4.90 Å². The summed E-state index contributed by atoms with van der Waals surface area (Å²) in [5.74, 6) is 0.862. The van der Waals surface area contributed by atoms with Gasteiger partial charge in [0.25, 0.3) is 0 Å². The predicted octanol–water partition coefficient (Wildman–Crippen LogP) is 3.95. The molecule has 3 aromatic heterocycles. The fraction of sp³-hybridized carbons (Fsp3) is 0.136. The normalized spacial score (nSPS) is 14.0. The lowest BCUT2D eigenvalue weighted by atomic mass is 10.1. The van der Waals surface area contributed by atoms with Gasteiger partial charge in [-0.3, -0.25) is 4.79 Å². The van der Waals surface area contributed by atoms with E-state index < -0.39 is 0 Å². The Balaban J connectivity index is 1.33. The fourth-order valence-electron chi connectivity index (χ4n) is 3.57. The van der Waals surface area contributed by atoms with E-state index in [0.717, 1.165) is 34.3 Å². The SMILES string of the molecule is O=C(c1ccc(F)cc1)c1cnc(C2=CCN(c3ncnn4cc(Br)cc34)CC2)nc1. The van der Waals surface area contributed by atoms with Gasteiger partial charge < -0.3 is 4.90 Å². The molecule has 4 heterocycles. The highest BCUT2D eigenvalue weighted by atomic mass is 79.9. The predicted molar refractivity (Wildman–Crippen MR) is 117 cm³/mol. The molecule has 31 heavy (non-hydrogen) atoms. The molecule has 0 unspecified atom stereocenters. The highest BCUT2D eigenvalue weighted by Crippen LogP contribution is 2.27. The Kier molecular flexibility index (Phi) is 5.03. The number of carbonyl (C=O) groups is 1. The monoisotopic (exact) mass is 478 g/mol. The first-order valence-corrected chi connectivity index (χ1v) is 10.4. The van der Waals surface area contributed by atoms with Crippen LogP contribution in [0.25, 0.3) is 11.1 Å². The Hall–Kier alpha value is -3.46. The number of fused-ring (bicyclic) bond motifs is 1. The van der Waals surface area contributed by atoms with Crippen molar-refractivity contribution >= 4 is 38.6 Å². The molecule has 0 spiro atoms. The third-order valence-electron chi connectivity index (χ3n) is 5.17. The van der Waals surface area contributed by atoms with E-state index in [2.05, 4.69) is 47.0 Å². The van der Waals surface area contributed by atoms with Crippen molar-refractivity contribution in [2.24, 2.45) is 0 Å². The molecule has 7 nitrogen and oxygen atoms in total. The summed E-state index contributed by atoms with van der Waals surface area (Å²) >= 11 is 3.48. The average molecular weight is 479 g/mol. The molecule has 0 bridgehead atoms. The molecule has 0 N–H and O–H groups in total. The van der Waals surface area contributed by atoms with Gasteiger partial charge in [-0.05, 0) is 58.3 Å². The van der Waals surface area contributed by atoms with E-state index in [1.807, 2.05) is 12.3 Å². The molecule has 0 radical (unpaired) electrons. The molecule has 0 fully saturated rings. The molecule has 0 saturated heterocycles. The Morgan fingerprint density at radius 1 is 1.06 bits per heavy atom.